The molecule has 164 valence electrons. The van der Waals surface area contributed by atoms with E-state index in [4.69, 9.17) is 21.1 Å². The average molecular weight is 461 g/mol. The zero-order valence-corrected chi connectivity index (χ0v) is 19.1. The fourth-order valence-electron chi connectivity index (χ4n) is 2.93. The van der Waals surface area contributed by atoms with Gasteiger partial charge in [-0.1, -0.05) is 47.6 Å². The van der Waals surface area contributed by atoms with Crippen LogP contribution in [0, 0.1) is 0 Å². The molecule has 0 unspecified atom stereocenters. The van der Waals surface area contributed by atoms with Crippen molar-refractivity contribution in [3.63, 3.8) is 0 Å². The molecule has 7 nitrogen and oxygen atoms in total. The van der Waals surface area contributed by atoms with E-state index < -0.39 is 0 Å². The van der Waals surface area contributed by atoms with Gasteiger partial charge < -0.3 is 19.4 Å². The predicted octanol–water partition coefficient (Wildman–Crippen LogP) is 4.05. The molecule has 0 saturated carbocycles. The Bertz CT molecular complexity index is 995. The third-order valence-corrected chi connectivity index (χ3v) is 5.84. The van der Waals surface area contributed by atoms with Crippen LogP contribution >= 0.6 is 23.4 Å². The Hall–Kier alpha value is -2.55. The minimum absolute atomic E-state index is 0.0773. The molecule has 3 aromatic rings. The third kappa shape index (κ3) is 6.46. The van der Waals surface area contributed by atoms with Gasteiger partial charge >= 0.3 is 0 Å². The topological polar surface area (TPSA) is 78.3 Å². The van der Waals surface area contributed by atoms with E-state index >= 15 is 0 Å². The van der Waals surface area contributed by atoms with Crippen LogP contribution in [-0.2, 0) is 22.6 Å². The van der Waals surface area contributed by atoms with Gasteiger partial charge in [-0.3, -0.25) is 4.79 Å². The van der Waals surface area contributed by atoms with Gasteiger partial charge in [0, 0.05) is 32.4 Å². The summed E-state index contributed by atoms with van der Waals surface area (Å²) >= 11 is 7.71. The molecule has 1 N–H and O–H groups in total. The van der Waals surface area contributed by atoms with E-state index in [1.807, 2.05) is 53.1 Å². The molecule has 0 fully saturated rings. The van der Waals surface area contributed by atoms with Crippen molar-refractivity contribution in [1.29, 1.82) is 0 Å². The molecular weight excluding hydrogens is 436 g/mol. The maximum absolute atomic E-state index is 12.4. The average Bonchev–Trinajstić information content (AvgIpc) is 3.19. The Morgan fingerprint density at radius 3 is 2.61 bits per heavy atom. The molecule has 0 radical (unpaired) electrons. The third-order valence-electron chi connectivity index (χ3n) is 4.54. The standard InChI is InChI=1S/C22H25ClN4O3S/c1-29-13-5-12-27-21(18-6-3-4-7-19(18)23)25-26-22(27)31-15-20(28)24-14-16-8-10-17(30-2)11-9-16/h3-4,6-11H,5,12-15H2,1-2H3,(H,24,28). The highest BCUT2D eigenvalue weighted by Gasteiger charge is 2.17. The number of nitrogens with zero attached hydrogens (tertiary/aromatic N) is 3. The number of amides is 1. The normalized spacial score (nSPS) is 10.8. The summed E-state index contributed by atoms with van der Waals surface area (Å²) < 4.78 is 12.3. The molecule has 0 spiro atoms. The number of carbonyl (C=O) groups excluding carboxylic acids is 1. The van der Waals surface area contributed by atoms with Crippen molar-refractivity contribution in [3.05, 3.63) is 59.1 Å². The summed E-state index contributed by atoms with van der Waals surface area (Å²) in [7, 11) is 3.29. The minimum Gasteiger partial charge on any atom is -0.497 e. The highest BCUT2D eigenvalue weighted by Crippen LogP contribution is 2.29. The first-order valence-electron chi connectivity index (χ1n) is 9.82. The fraction of sp³-hybridized carbons (Fsp3) is 0.318. The molecular formula is C22H25ClN4O3S. The summed E-state index contributed by atoms with van der Waals surface area (Å²) in [5.41, 5.74) is 1.81. The predicted molar refractivity (Wildman–Crippen MR) is 123 cm³/mol. The van der Waals surface area contributed by atoms with Crippen LogP contribution in [0.2, 0.25) is 5.02 Å². The minimum atomic E-state index is -0.0773. The first kappa shape index (κ1) is 23.1. The Kier molecular flexibility index (Phi) is 8.75. The van der Waals surface area contributed by atoms with Crippen LogP contribution in [-0.4, -0.2) is 47.3 Å². The second-order valence-electron chi connectivity index (χ2n) is 6.70. The number of benzene rings is 2. The van der Waals surface area contributed by atoms with Crippen LogP contribution < -0.4 is 10.1 Å². The van der Waals surface area contributed by atoms with Crippen molar-refractivity contribution in [2.45, 2.75) is 24.7 Å². The van der Waals surface area contributed by atoms with Gasteiger partial charge in [0.2, 0.25) is 5.91 Å². The van der Waals surface area contributed by atoms with Crippen LogP contribution in [0.25, 0.3) is 11.4 Å². The number of rotatable bonds is 11. The molecule has 1 aromatic heterocycles. The van der Waals surface area contributed by atoms with Crippen LogP contribution in [0.1, 0.15) is 12.0 Å². The molecule has 31 heavy (non-hydrogen) atoms. The van der Waals surface area contributed by atoms with Gasteiger partial charge in [0.25, 0.3) is 0 Å². The Morgan fingerprint density at radius 1 is 1.13 bits per heavy atom. The maximum atomic E-state index is 12.4. The second kappa shape index (κ2) is 11.7. The molecule has 0 aliphatic heterocycles. The lowest BCUT2D eigenvalue weighted by Crippen LogP contribution is -2.24. The number of aromatic nitrogens is 3. The Morgan fingerprint density at radius 2 is 1.90 bits per heavy atom. The smallest absolute Gasteiger partial charge is 0.230 e. The van der Waals surface area contributed by atoms with E-state index in [-0.39, 0.29) is 11.7 Å². The summed E-state index contributed by atoms with van der Waals surface area (Å²) in [6.07, 6.45) is 0.795. The quantitative estimate of drug-likeness (QED) is 0.343. The number of hydrogen-bond donors (Lipinski definition) is 1. The fourth-order valence-corrected chi connectivity index (χ4v) is 3.95. The number of thioether (sulfide) groups is 1. The van der Waals surface area contributed by atoms with Crippen LogP contribution in [0.5, 0.6) is 5.75 Å². The molecule has 2 aromatic carbocycles. The number of hydrogen-bond acceptors (Lipinski definition) is 6. The van der Waals surface area contributed by atoms with Gasteiger partial charge in [-0.25, -0.2) is 0 Å². The van der Waals surface area contributed by atoms with Crippen LogP contribution in [0.15, 0.2) is 53.7 Å². The number of nitrogens with one attached hydrogen (secondary N) is 1. The Labute approximate surface area is 191 Å². The molecule has 0 aliphatic rings. The monoisotopic (exact) mass is 460 g/mol. The summed E-state index contributed by atoms with van der Waals surface area (Å²) in [6.45, 7) is 1.73. The number of ether oxygens (including phenoxy) is 2. The van der Waals surface area contributed by atoms with E-state index in [2.05, 4.69) is 15.5 Å². The summed E-state index contributed by atoms with van der Waals surface area (Å²) in [4.78, 5) is 12.4. The van der Waals surface area contributed by atoms with Gasteiger partial charge in [0.15, 0.2) is 11.0 Å². The van der Waals surface area contributed by atoms with E-state index in [1.165, 1.54) is 11.8 Å². The van der Waals surface area contributed by atoms with E-state index in [9.17, 15) is 4.79 Å². The zero-order valence-electron chi connectivity index (χ0n) is 17.5. The van der Waals surface area contributed by atoms with Gasteiger partial charge in [-0.2, -0.15) is 0 Å². The molecule has 3 rings (SSSR count). The van der Waals surface area contributed by atoms with E-state index in [0.717, 1.165) is 23.3 Å². The molecule has 0 saturated heterocycles. The van der Waals surface area contributed by atoms with Crippen molar-refractivity contribution in [2.75, 3.05) is 26.6 Å². The Balaban J connectivity index is 1.64. The maximum Gasteiger partial charge on any atom is 0.230 e. The van der Waals surface area contributed by atoms with Crippen molar-refractivity contribution in [3.8, 4) is 17.1 Å². The molecule has 9 heteroatoms. The summed E-state index contributed by atoms with van der Waals surface area (Å²) in [5, 5.41) is 12.8. The molecule has 1 amide bonds. The van der Waals surface area contributed by atoms with E-state index in [1.54, 1.807) is 14.2 Å². The molecule has 0 bridgehead atoms. The van der Waals surface area contributed by atoms with Crippen molar-refractivity contribution in [1.82, 2.24) is 20.1 Å². The van der Waals surface area contributed by atoms with Gasteiger partial charge in [-0.15, -0.1) is 10.2 Å². The summed E-state index contributed by atoms with van der Waals surface area (Å²) in [5.74, 6) is 1.63. The van der Waals surface area contributed by atoms with E-state index in [0.29, 0.717) is 35.7 Å². The number of methoxy groups -OCH3 is 2. The highest BCUT2D eigenvalue weighted by atomic mass is 35.5. The summed E-state index contributed by atoms with van der Waals surface area (Å²) in [6, 6.07) is 15.1. The van der Waals surface area contributed by atoms with Gasteiger partial charge in [0.1, 0.15) is 5.75 Å². The van der Waals surface area contributed by atoms with Crippen molar-refractivity contribution >= 4 is 29.3 Å². The van der Waals surface area contributed by atoms with Crippen molar-refractivity contribution < 1.29 is 14.3 Å². The lowest BCUT2D eigenvalue weighted by atomic mass is 10.2. The highest BCUT2D eigenvalue weighted by molar-refractivity contribution is 7.99. The lowest BCUT2D eigenvalue weighted by molar-refractivity contribution is -0.118. The second-order valence-corrected chi connectivity index (χ2v) is 8.05. The van der Waals surface area contributed by atoms with Crippen molar-refractivity contribution in [2.24, 2.45) is 0 Å². The van der Waals surface area contributed by atoms with Gasteiger partial charge in [-0.05, 0) is 36.2 Å². The van der Waals surface area contributed by atoms with Crippen LogP contribution in [0.3, 0.4) is 0 Å². The molecule has 0 atom stereocenters. The first-order chi connectivity index (χ1) is 15.1. The van der Waals surface area contributed by atoms with Crippen LogP contribution in [0.4, 0.5) is 0 Å². The lowest BCUT2D eigenvalue weighted by Gasteiger charge is -2.11. The zero-order chi connectivity index (χ0) is 22.1. The van der Waals surface area contributed by atoms with Gasteiger partial charge in [0.05, 0.1) is 17.9 Å². The number of halogens is 1. The molecule has 0 aliphatic carbocycles. The SMILES string of the molecule is COCCCn1c(SCC(=O)NCc2ccc(OC)cc2)nnc1-c1ccccc1Cl. The largest absolute Gasteiger partial charge is 0.497 e. The molecule has 1 heterocycles. The first-order valence-corrected chi connectivity index (χ1v) is 11.2. The number of carbonyl (C=O) groups is 1.